The van der Waals surface area contributed by atoms with Crippen molar-refractivity contribution in [2.24, 2.45) is 0 Å². The van der Waals surface area contributed by atoms with Crippen molar-refractivity contribution in [1.29, 1.82) is 0 Å². The molecule has 1 saturated heterocycles. The van der Waals surface area contributed by atoms with Gasteiger partial charge in [0, 0.05) is 18.3 Å². The Hall–Kier alpha value is -1.42. The molecule has 1 aromatic rings. The molecular formula is C13H18N2O2. The summed E-state index contributed by atoms with van der Waals surface area (Å²) < 4.78 is 11.6. The highest BCUT2D eigenvalue weighted by atomic mass is 16.6. The quantitative estimate of drug-likeness (QED) is 0.788. The number of likely N-dealkylation sites (tertiary alicyclic amines) is 1. The van der Waals surface area contributed by atoms with E-state index in [0.717, 1.165) is 18.0 Å². The SMILES string of the molecule is Nc1ccc2c(c1)OCC(CN1CCCC1)O2. The summed E-state index contributed by atoms with van der Waals surface area (Å²) in [6.07, 6.45) is 2.76. The number of rotatable bonds is 2. The molecule has 4 nitrogen and oxygen atoms in total. The first-order valence-corrected chi connectivity index (χ1v) is 6.22. The average molecular weight is 234 g/mol. The highest BCUT2D eigenvalue weighted by Crippen LogP contribution is 2.33. The molecule has 2 heterocycles. The number of nitrogen functional groups attached to an aromatic ring is 1. The molecule has 4 heteroatoms. The van der Waals surface area contributed by atoms with Gasteiger partial charge in [-0.25, -0.2) is 0 Å². The van der Waals surface area contributed by atoms with Crippen molar-refractivity contribution >= 4 is 5.69 Å². The Morgan fingerprint density at radius 2 is 2.06 bits per heavy atom. The van der Waals surface area contributed by atoms with E-state index in [4.69, 9.17) is 15.2 Å². The molecule has 17 heavy (non-hydrogen) atoms. The van der Waals surface area contributed by atoms with E-state index in [9.17, 15) is 0 Å². The maximum atomic E-state index is 5.93. The first-order chi connectivity index (χ1) is 8.31. The maximum absolute atomic E-state index is 5.93. The van der Waals surface area contributed by atoms with E-state index in [1.54, 1.807) is 0 Å². The number of nitrogens with zero attached hydrogens (tertiary/aromatic N) is 1. The molecule has 1 unspecified atom stereocenters. The van der Waals surface area contributed by atoms with Crippen molar-refractivity contribution in [2.45, 2.75) is 18.9 Å². The van der Waals surface area contributed by atoms with E-state index in [-0.39, 0.29) is 6.10 Å². The summed E-state index contributed by atoms with van der Waals surface area (Å²) in [4.78, 5) is 2.44. The van der Waals surface area contributed by atoms with Gasteiger partial charge in [0.15, 0.2) is 11.5 Å². The van der Waals surface area contributed by atoms with E-state index >= 15 is 0 Å². The Morgan fingerprint density at radius 3 is 2.88 bits per heavy atom. The fourth-order valence-corrected chi connectivity index (χ4v) is 2.47. The molecule has 1 atom stereocenters. The third-order valence-electron chi connectivity index (χ3n) is 3.35. The van der Waals surface area contributed by atoms with Gasteiger partial charge in [0.1, 0.15) is 12.7 Å². The molecule has 0 aliphatic carbocycles. The summed E-state index contributed by atoms with van der Waals surface area (Å²) in [5.74, 6) is 1.58. The van der Waals surface area contributed by atoms with Crippen LogP contribution in [-0.4, -0.2) is 37.2 Å². The molecule has 2 aliphatic rings. The van der Waals surface area contributed by atoms with Gasteiger partial charge in [0.05, 0.1) is 0 Å². The summed E-state index contributed by atoms with van der Waals surface area (Å²) in [5.41, 5.74) is 6.42. The van der Waals surface area contributed by atoms with Gasteiger partial charge in [-0.05, 0) is 38.1 Å². The molecule has 0 saturated carbocycles. The lowest BCUT2D eigenvalue weighted by Crippen LogP contribution is -2.39. The van der Waals surface area contributed by atoms with Crippen molar-refractivity contribution in [3.05, 3.63) is 18.2 Å². The number of anilines is 1. The van der Waals surface area contributed by atoms with Gasteiger partial charge < -0.3 is 15.2 Å². The minimum atomic E-state index is 0.143. The van der Waals surface area contributed by atoms with Gasteiger partial charge >= 0.3 is 0 Å². The summed E-state index contributed by atoms with van der Waals surface area (Å²) in [6.45, 7) is 3.96. The summed E-state index contributed by atoms with van der Waals surface area (Å²) in [5, 5.41) is 0. The van der Waals surface area contributed by atoms with Crippen LogP contribution in [0.15, 0.2) is 18.2 Å². The van der Waals surface area contributed by atoms with Crippen LogP contribution < -0.4 is 15.2 Å². The predicted molar refractivity (Wildman–Crippen MR) is 66.4 cm³/mol. The third-order valence-corrected chi connectivity index (χ3v) is 3.35. The normalized spacial score (nSPS) is 23.9. The number of benzene rings is 1. The second kappa shape index (κ2) is 4.45. The van der Waals surface area contributed by atoms with Crippen molar-refractivity contribution in [3.8, 4) is 11.5 Å². The topological polar surface area (TPSA) is 47.7 Å². The van der Waals surface area contributed by atoms with Crippen LogP contribution in [0.25, 0.3) is 0 Å². The predicted octanol–water partition coefficient (Wildman–Crippen LogP) is 1.50. The number of nitrogens with two attached hydrogens (primary N) is 1. The van der Waals surface area contributed by atoms with Crippen molar-refractivity contribution in [3.63, 3.8) is 0 Å². The summed E-state index contributed by atoms with van der Waals surface area (Å²) in [7, 11) is 0. The van der Waals surface area contributed by atoms with E-state index in [1.165, 1.54) is 25.9 Å². The molecule has 1 aromatic carbocycles. The minimum absolute atomic E-state index is 0.143. The van der Waals surface area contributed by atoms with Crippen LogP contribution in [-0.2, 0) is 0 Å². The van der Waals surface area contributed by atoms with Crippen molar-refractivity contribution in [2.75, 3.05) is 32.0 Å². The van der Waals surface area contributed by atoms with Crippen molar-refractivity contribution < 1.29 is 9.47 Å². The number of ether oxygens (including phenoxy) is 2. The zero-order chi connectivity index (χ0) is 11.7. The van der Waals surface area contributed by atoms with Gasteiger partial charge in [-0.15, -0.1) is 0 Å². The Kier molecular flexibility index (Phi) is 2.81. The zero-order valence-electron chi connectivity index (χ0n) is 9.89. The highest BCUT2D eigenvalue weighted by Gasteiger charge is 2.24. The van der Waals surface area contributed by atoms with Crippen LogP contribution in [0.2, 0.25) is 0 Å². The molecule has 3 rings (SSSR count). The Balaban J connectivity index is 1.65. The van der Waals surface area contributed by atoms with E-state index < -0.39 is 0 Å². The molecule has 2 N–H and O–H groups in total. The standard InChI is InChI=1S/C13H18N2O2/c14-10-3-4-12-13(7-10)16-9-11(17-12)8-15-5-1-2-6-15/h3-4,7,11H,1-2,5-6,8-9,14H2. The first-order valence-electron chi connectivity index (χ1n) is 6.22. The second-order valence-electron chi connectivity index (χ2n) is 4.76. The van der Waals surface area contributed by atoms with Crippen LogP contribution in [0.5, 0.6) is 11.5 Å². The van der Waals surface area contributed by atoms with Crippen LogP contribution in [0.1, 0.15) is 12.8 Å². The highest BCUT2D eigenvalue weighted by molar-refractivity contribution is 5.52. The first kappa shape index (κ1) is 10.7. The van der Waals surface area contributed by atoms with Gasteiger partial charge in [0.25, 0.3) is 0 Å². The molecule has 0 amide bonds. The fourth-order valence-electron chi connectivity index (χ4n) is 2.47. The van der Waals surface area contributed by atoms with Crippen molar-refractivity contribution in [1.82, 2.24) is 4.90 Å². The lowest BCUT2D eigenvalue weighted by Gasteiger charge is -2.29. The molecule has 0 aromatic heterocycles. The Bertz CT molecular complexity index is 402. The molecule has 92 valence electrons. The second-order valence-corrected chi connectivity index (χ2v) is 4.76. The van der Waals surface area contributed by atoms with E-state index in [2.05, 4.69) is 4.90 Å². The minimum Gasteiger partial charge on any atom is -0.486 e. The van der Waals surface area contributed by atoms with Gasteiger partial charge in [-0.1, -0.05) is 0 Å². The number of fused-ring (bicyclic) bond motifs is 1. The third kappa shape index (κ3) is 2.31. The molecule has 0 radical (unpaired) electrons. The zero-order valence-corrected chi connectivity index (χ0v) is 9.89. The van der Waals surface area contributed by atoms with Gasteiger partial charge in [-0.2, -0.15) is 0 Å². The molecule has 0 spiro atoms. The lowest BCUT2D eigenvalue weighted by atomic mass is 10.2. The molecule has 2 aliphatic heterocycles. The van der Waals surface area contributed by atoms with E-state index in [1.807, 2.05) is 18.2 Å². The van der Waals surface area contributed by atoms with Gasteiger partial charge in [0.2, 0.25) is 0 Å². The summed E-state index contributed by atoms with van der Waals surface area (Å²) in [6, 6.07) is 5.56. The Morgan fingerprint density at radius 1 is 1.24 bits per heavy atom. The lowest BCUT2D eigenvalue weighted by molar-refractivity contribution is 0.0651. The van der Waals surface area contributed by atoms with Crippen LogP contribution in [0.4, 0.5) is 5.69 Å². The summed E-state index contributed by atoms with van der Waals surface area (Å²) >= 11 is 0. The average Bonchev–Trinajstić information content (AvgIpc) is 2.82. The molecule has 1 fully saturated rings. The van der Waals surface area contributed by atoms with Crippen LogP contribution >= 0.6 is 0 Å². The van der Waals surface area contributed by atoms with Gasteiger partial charge in [-0.3, -0.25) is 4.90 Å². The van der Waals surface area contributed by atoms with Crippen LogP contribution in [0, 0.1) is 0 Å². The Labute approximate surface area is 101 Å². The number of hydrogen-bond acceptors (Lipinski definition) is 4. The maximum Gasteiger partial charge on any atom is 0.163 e. The van der Waals surface area contributed by atoms with Crippen LogP contribution in [0.3, 0.4) is 0 Å². The molecular weight excluding hydrogens is 216 g/mol. The monoisotopic (exact) mass is 234 g/mol. The number of hydrogen-bond donors (Lipinski definition) is 1. The smallest absolute Gasteiger partial charge is 0.163 e. The fraction of sp³-hybridized carbons (Fsp3) is 0.538. The largest absolute Gasteiger partial charge is 0.486 e. The van der Waals surface area contributed by atoms with E-state index in [0.29, 0.717) is 12.3 Å². The molecule has 0 bridgehead atoms.